The van der Waals surface area contributed by atoms with Gasteiger partial charge in [-0.25, -0.2) is 4.79 Å². The van der Waals surface area contributed by atoms with Crippen molar-refractivity contribution in [3.8, 4) is 11.5 Å². The summed E-state index contributed by atoms with van der Waals surface area (Å²) in [5.74, 6) is 1.08. The van der Waals surface area contributed by atoms with Crippen LogP contribution in [0, 0.1) is 0 Å². The molecule has 2 aromatic rings. The molecular formula is C19H20ClN3O4. The quantitative estimate of drug-likeness (QED) is 0.805. The molecule has 2 aromatic carbocycles. The first kappa shape index (κ1) is 18.8. The summed E-state index contributed by atoms with van der Waals surface area (Å²) in [6.07, 6.45) is 1.36. The minimum atomic E-state index is -0.456. The van der Waals surface area contributed by atoms with Crippen molar-refractivity contribution in [2.24, 2.45) is 0 Å². The number of benzene rings is 2. The summed E-state index contributed by atoms with van der Waals surface area (Å²) in [4.78, 5) is 26.0. The highest BCUT2D eigenvalue weighted by Crippen LogP contribution is 2.34. The lowest BCUT2D eigenvalue weighted by atomic mass is 10.2. The summed E-state index contributed by atoms with van der Waals surface area (Å²) >= 11 is 5.97. The van der Waals surface area contributed by atoms with Gasteiger partial charge in [-0.05, 0) is 36.8 Å². The zero-order valence-electron chi connectivity index (χ0n) is 15.0. The van der Waals surface area contributed by atoms with Crippen molar-refractivity contribution in [3.05, 3.63) is 41.4 Å². The molecule has 1 heterocycles. The molecule has 8 heteroatoms. The van der Waals surface area contributed by atoms with Crippen LogP contribution in [-0.4, -0.2) is 32.7 Å². The molecule has 1 fully saturated rings. The highest BCUT2D eigenvalue weighted by molar-refractivity contribution is 6.31. The fourth-order valence-corrected chi connectivity index (χ4v) is 3.12. The highest BCUT2D eigenvalue weighted by atomic mass is 35.5. The van der Waals surface area contributed by atoms with Gasteiger partial charge in [-0.15, -0.1) is 0 Å². The van der Waals surface area contributed by atoms with Gasteiger partial charge in [0.25, 0.3) is 0 Å². The first-order valence-corrected chi connectivity index (χ1v) is 8.79. The molecule has 7 nitrogen and oxygen atoms in total. The molecule has 3 rings (SSSR count). The molecule has 0 atom stereocenters. The number of urea groups is 1. The monoisotopic (exact) mass is 389 g/mol. The van der Waals surface area contributed by atoms with Crippen LogP contribution in [-0.2, 0) is 4.79 Å². The van der Waals surface area contributed by atoms with Crippen molar-refractivity contribution in [2.75, 3.05) is 36.3 Å². The van der Waals surface area contributed by atoms with E-state index in [-0.39, 0.29) is 5.91 Å². The Hall–Kier alpha value is -2.93. The number of methoxy groups -OCH3 is 2. The van der Waals surface area contributed by atoms with E-state index in [1.165, 1.54) is 14.2 Å². The molecule has 0 unspecified atom stereocenters. The minimum Gasteiger partial charge on any atom is -0.495 e. The molecular weight excluding hydrogens is 370 g/mol. The van der Waals surface area contributed by atoms with Gasteiger partial charge in [-0.1, -0.05) is 11.6 Å². The predicted octanol–water partition coefficient (Wildman–Crippen LogP) is 4.13. The van der Waals surface area contributed by atoms with Crippen molar-refractivity contribution in [1.82, 2.24) is 0 Å². The number of nitrogens with zero attached hydrogens (tertiary/aromatic N) is 1. The molecule has 2 N–H and O–H groups in total. The van der Waals surface area contributed by atoms with Crippen LogP contribution in [0.4, 0.5) is 21.9 Å². The molecule has 3 amide bonds. The zero-order chi connectivity index (χ0) is 19.4. The summed E-state index contributed by atoms with van der Waals surface area (Å²) in [6, 6.07) is 9.65. The third-order valence-electron chi connectivity index (χ3n) is 4.21. The number of hydrogen-bond donors (Lipinski definition) is 2. The van der Waals surface area contributed by atoms with Crippen molar-refractivity contribution in [2.45, 2.75) is 12.8 Å². The first-order chi connectivity index (χ1) is 13.0. The van der Waals surface area contributed by atoms with Crippen LogP contribution in [0.15, 0.2) is 36.4 Å². The van der Waals surface area contributed by atoms with Gasteiger partial charge in [0.1, 0.15) is 11.5 Å². The molecule has 0 aliphatic carbocycles. The average Bonchev–Trinajstić information content (AvgIpc) is 3.07. The Labute approximate surface area is 162 Å². The fraction of sp³-hybridized carbons (Fsp3) is 0.263. The van der Waals surface area contributed by atoms with E-state index in [1.54, 1.807) is 41.3 Å². The van der Waals surface area contributed by atoms with Crippen molar-refractivity contribution >= 4 is 40.6 Å². The van der Waals surface area contributed by atoms with E-state index in [0.29, 0.717) is 46.5 Å². The lowest BCUT2D eigenvalue weighted by molar-refractivity contribution is -0.117. The average molecular weight is 390 g/mol. The summed E-state index contributed by atoms with van der Waals surface area (Å²) in [7, 11) is 3.04. The number of anilines is 3. The second-order valence-electron chi connectivity index (χ2n) is 5.96. The Morgan fingerprint density at radius 3 is 2.52 bits per heavy atom. The van der Waals surface area contributed by atoms with Gasteiger partial charge in [0.2, 0.25) is 5.91 Å². The van der Waals surface area contributed by atoms with Crippen LogP contribution in [0.5, 0.6) is 11.5 Å². The topological polar surface area (TPSA) is 79.9 Å². The van der Waals surface area contributed by atoms with E-state index in [0.717, 1.165) is 6.42 Å². The lowest BCUT2D eigenvalue weighted by Crippen LogP contribution is -2.24. The van der Waals surface area contributed by atoms with Gasteiger partial charge in [0.15, 0.2) is 0 Å². The van der Waals surface area contributed by atoms with Crippen LogP contribution in [0.25, 0.3) is 0 Å². The Bertz CT molecular complexity index is 872. The Balaban J connectivity index is 1.75. The maximum absolute atomic E-state index is 12.3. The number of halogens is 1. The summed E-state index contributed by atoms with van der Waals surface area (Å²) in [5.41, 5.74) is 1.68. The van der Waals surface area contributed by atoms with Crippen LogP contribution >= 0.6 is 11.6 Å². The van der Waals surface area contributed by atoms with E-state index >= 15 is 0 Å². The summed E-state index contributed by atoms with van der Waals surface area (Å²) in [5, 5.41) is 5.91. The van der Waals surface area contributed by atoms with Crippen LogP contribution in [0.1, 0.15) is 12.8 Å². The van der Waals surface area contributed by atoms with E-state index in [9.17, 15) is 9.59 Å². The number of amides is 3. The number of hydrogen-bond acceptors (Lipinski definition) is 4. The summed E-state index contributed by atoms with van der Waals surface area (Å²) < 4.78 is 10.6. The van der Waals surface area contributed by atoms with Crippen LogP contribution in [0.2, 0.25) is 5.02 Å². The molecule has 0 saturated carbocycles. The SMILES string of the molecule is COc1ccc(Cl)cc1NC(=O)Nc1ccc(N2CCCC2=O)c(OC)c1. The highest BCUT2D eigenvalue weighted by Gasteiger charge is 2.24. The van der Waals surface area contributed by atoms with Gasteiger partial charge in [-0.3, -0.25) is 4.79 Å². The molecule has 0 spiro atoms. The van der Waals surface area contributed by atoms with Gasteiger partial charge in [0.05, 0.1) is 25.6 Å². The molecule has 27 heavy (non-hydrogen) atoms. The largest absolute Gasteiger partial charge is 0.495 e. The number of ether oxygens (including phenoxy) is 2. The van der Waals surface area contributed by atoms with Crippen molar-refractivity contribution in [1.29, 1.82) is 0 Å². The van der Waals surface area contributed by atoms with Gasteiger partial charge in [-0.2, -0.15) is 0 Å². The Kier molecular flexibility index (Phi) is 5.71. The van der Waals surface area contributed by atoms with Gasteiger partial charge in [0, 0.05) is 29.7 Å². The lowest BCUT2D eigenvalue weighted by Gasteiger charge is -2.20. The molecule has 1 aliphatic heterocycles. The van der Waals surface area contributed by atoms with Crippen LogP contribution in [0.3, 0.4) is 0 Å². The third-order valence-corrected chi connectivity index (χ3v) is 4.45. The molecule has 0 aromatic heterocycles. The normalized spacial score (nSPS) is 13.4. The van der Waals surface area contributed by atoms with E-state index in [1.807, 2.05) is 0 Å². The number of carbonyl (C=O) groups excluding carboxylic acids is 2. The van der Waals surface area contributed by atoms with Crippen LogP contribution < -0.4 is 25.0 Å². The molecule has 142 valence electrons. The second-order valence-corrected chi connectivity index (χ2v) is 6.40. The van der Waals surface area contributed by atoms with Crippen molar-refractivity contribution < 1.29 is 19.1 Å². The first-order valence-electron chi connectivity index (χ1n) is 8.42. The smallest absolute Gasteiger partial charge is 0.323 e. The maximum Gasteiger partial charge on any atom is 0.323 e. The third kappa shape index (κ3) is 4.25. The number of nitrogens with one attached hydrogen (secondary N) is 2. The maximum atomic E-state index is 12.3. The number of carbonyl (C=O) groups is 2. The summed E-state index contributed by atoms with van der Waals surface area (Å²) in [6.45, 7) is 0.664. The van der Waals surface area contributed by atoms with Gasteiger partial charge >= 0.3 is 6.03 Å². The fourth-order valence-electron chi connectivity index (χ4n) is 2.94. The molecule has 0 radical (unpaired) electrons. The number of rotatable bonds is 5. The Morgan fingerprint density at radius 1 is 1.07 bits per heavy atom. The van der Waals surface area contributed by atoms with E-state index in [4.69, 9.17) is 21.1 Å². The zero-order valence-corrected chi connectivity index (χ0v) is 15.8. The minimum absolute atomic E-state index is 0.0693. The second kappa shape index (κ2) is 8.18. The van der Waals surface area contributed by atoms with E-state index in [2.05, 4.69) is 10.6 Å². The van der Waals surface area contributed by atoms with E-state index < -0.39 is 6.03 Å². The Morgan fingerprint density at radius 2 is 1.85 bits per heavy atom. The molecule has 1 aliphatic rings. The standard InChI is InChI=1S/C19H20ClN3O4/c1-26-16-8-5-12(20)10-14(16)22-19(25)21-13-6-7-15(17(11-13)27-2)23-9-3-4-18(23)24/h5-8,10-11H,3-4,9H2,1-2H3,(H2,21,22,25). The molecule has 1 saturated heterocycles. The molecule has 0 bridgehead atoms. The predicted molar refractivity (Wildman–Crippen MR) is 105 cm³/mol. The van der Waals surface area contributed by atoms with Crippen molar-refractivity contribution in [3.63, 3.8) is 0 Å². The van der Waals surface area contributed by atoms with Gasteiger partial charge < -0.3 is 25.0 Å².